The number of para-hydroxylation sites is 1. The van der Waals surface area contributed by atoms with Crippen LogP contribution in [0.1, 0.15) is 40.3 Å². The molecule has 0 fully saturated rings. The highest BCUT2D eigenvalue weighted by Gasteiger charge is 2.18. The first-order valence-corrected chi connectivity index (χ1v) is 11.1. The maximum atomic E-state index is 12.9. The van der Waals surface area contributed by atoms with Gasteiger partial charge in [0.15, 0.2) is 11.5 Å². The molecule has 4 aromatic rings. The van der Waals surface area contributed by atoms with Crippen molar-refractivity contribution in [2.24, 2.45) is 0 Å². The fraction of sp³-hybridized carbons (Fsp3) is 0.208. The molecule has 2 heterocycles. The monoisotopic (exact) mass is 448 g/mol. The summed E-state index contributed by atoms with van der Waals surface area (Å²) in [6.45, 7) is 4.28. The van der Waals surface area contributed by atoms with Crippen molar-refractivity contribution in [3.05, 3.63) is 88.1 Å². The lowest BCUT2D eigenvalue weighted by molar-refractivity contribution is 0.0939. The summed E-state index contributed by atoms with van der Waals surface area (Å²) >= 11 is 1.51. The van der Waals surface area contributed by atoms with Gasteiger partial charge in [-0.25, -0.2) is 9.67 Å². The Balaban J connectivity index is 1.46. The van der Waals surface area contributed by atoms with Crippen LogP contribution in [0.3, 0.4) is 0 Å². The first-order valence-electron chi connectivity index (χ1n) is 10.2. The second kappa shape index (κ2) is 9.65. The highest BCUT2D eigenvalue weighted by Crippen LogP contribution is 2.29. The van der Waals surface area contributed by atoms with Crippen molar-refractivity contribution in [1.29, 1.82) is 0 Å². The molecule has 2 aromatic carbocycles. The smallest absolute Gasteiger partial charge is 0.251 e. The van der Waals surface area contributed by atoms with Gasteiger partial charge in [-0.1, -0.05) is 18.2 Å². The van der Waals surface area contributed by atoms with E-state index in [4.69, 9.17) is 9.47 Å². The van der Waals surface area contributed by atoms with E-state index in [-0.39, 0.29) is 11.9 Å². The van der Waals surface area contributed by atoms with Gasteiger partial charge < -0.3 is 14.8 Å². The number of thiazole rings is 1. The molecular formula is C24H24N4O3S. The Morgan fingerprint density at radius 1 is 1.19 bits per heavy atom. The summed E-state index contributed by atoms with van der Waals surface area (Å²) in [6.07, 6.45) is 1.79. The molecule has 4 rings (SSSR count). The normalized spacial score (nSPS) is 11.7. The van der Waals surface area contributed by atoms with Gasteiger partial charge in [-0.2, -0.15) is 5.10 Å². The molecule has 164 valence electrons. The lowest BCUT2D eigenvalue weighted by atomic mass is 10.1. The van der Waals surface area contributed by atoms with Gasteiger partial charge in [-0.3, -0.25) is 4.79 Å². The minimum absolute atomic E-state index is 0.200. The fourth-order valence-electron chi connectivity index (χ4n) is 3.42. The van der Waals surface area contributed by atoms with Gasteiger partial charge in [-0.15, -0.1) is 11.3 Å². The SMILES string of the molecule is COc1cc(C(=O)NC(C)c2cnn(-c3ccccc3)c2C)ccc1OCc1cscn1. The maximum absolute atomic E-state index is 12.9. The lowest BCUT2D eigenvalue weighted by Gasteiger charge is -2.16. The molecular weight excluding hydrogens is 424 g/mol. The first-order chi connectivity index (χ1) is 15.6. The predicted molar refractivity (Wildman–Crippen MR) is 124 cm³/mol. The zero-order valence-electron chi connectivity index (χ0n) is 18.1. The maximum Gasteiger partial charge on any atom is 0.251 e. The Labute approximate surface area is 190 Å². The number of aromatic nitrogens is 3. The van der Waals surface area contributed by atoms with Crippen LogP contribution in [0.2, 0.25) is 0 Å². The number of rotatable bonds is 8. The third kappa shape index (κ3) is 4.65. The van der Waals surface area contributed by atoms with Crippen LogP contribution in [-0.2, 0) is 6.61 Å². The molecule has 0 saturated heterocycles. The van der Waals surface area contributed by atoms with E-state index in [0.29, 0.717) is 23.7 Å². The molecule has 1 unspecified atom stereocenters. The lowest BCUT2D eigenvalue weighted by Crippen LogP contribution is -2.27. The Morgan fingerprint density at radius 2 is 2.00 bits per heavy atom. The number of methoxy groups -OCH3 is 1. The molecule has 0 aliphatic heterocycles. The van der Waals surface area contributed by atoms with Crippen LogP contribution < -0.4 is 14.8 Å². The first kappa shape index (κ1) is 21.6. The third-order valence-corrected chi connectivity index (χ3v) is 5.78. The summed E-state index contributed by atoms with van der Waals surface area (Å²) < 4.78 is 13.1. The Bertz CT molecular complexity index is 1190. The van der Waals surface area contributed by atoms with Crippen LogP contribution in [-0.4, -0.2) is 27.8 Å². The minimum atomic E-state index is -0.216. The van der Waals surface area contributed by atoms with Crippen LogP contribution in [0.5, 0.6) is 11.5 Å². The van der Waals surface area contributed by atoms with Crippen molar-refractivity contribution in [2.45, 2.75) is 26.5 Å². The van der Waals surface area contributed by atoms with Crippen LogP contribution >= 0.6 is 11.3 Å². The van der Waals surface area contributed by atoms with Crippen LogP contribution in [0.15, 0.2) is 65.6 Å². The number of carbonyl (C=O) groups excluding carboxylic acids is 1. The van der Waals surface area contributed by atoms with Gasteiger partial charge in [0.05, 0.1) is 36.2 Å². The molecule has 1 atom stereocenters. The molecule has 7 nitrogen and oxygen atoms in total. The van der Waals surface area contributed by atoms with E-state index >= 15 is 0 Å². The van der Waals surface area contributed by atoms with Gasteiger partial charge in [0.25, 0.3) is 5.91 Å². The van der Waals surface area contributed by atoms with Gasteiger partial charge in [0.1, 0.15) is 6.61 Å². The minimum Gasteiger partial charge on any atom is -0.493 e. The Morgan fingerprint density at radius 3 is 2.72 bits per heavy atom. The number of carbonyl (C=O) groups is 1. The van der Waals surface area contributed by atoms with Crippen molar-refractivity contribution in [3.8, 4) is 17.2 Å². The van der Waals surface area contributed by atoms with Crippen molar-refractivity contribution in [1.82, 2.24) is 20.1 Å². The van der Waals surface area contributed by atoms with Crippen molar-refractivity contribution < 1.29 is 14.3 Å². The number of amides is 1. The van der Waals surface area contributed by atoms with E-state index in [1.807, 2.05) is 54.2 Å². The zero-order chi connectivity index (χ0) is 22.5. The summed E-state index contributed by atoms with van der Waals surface area (Å²) in [5.74, 6) is 0.854. The van der Waals surface area contributed by atoms with E-state index in [1.165, 1.54) is 11.3 Å². The number of hydrogen-bond acceptors (Lipinski definition) is 6. The Kier molecular flexibility index (Phi) is 6.51. The molecule has 0 aliphatic carbocycles. The summed E-state index contributed by atoms with van der Waals surface area (Å²) in [5, 5.41) is 9.47. The van der Waals surface area contributed by atoms with Gasteiger partial charge >= 0.3 is 0 Å². The molecule has 1 N–H and O–H groups in total. The van der Waals surface area contributed by atoms with E-state index in [1.54, 1.807) is 37.0 Å². The number of nitrogens with zero attached hydrogens (tertiary/aromatic N) is 3. The van der Waals surface area contributed by atoms with Crippen LogP contribution in [0, 0.1) is 6.92 Å². The molecule has 32 heavy (non-hydrogen) atoms. The summed E-state index contributed by atoms with van der Waals surface area (Å²) in [5.41, 5.74) is 6.01. The number of nitrogens with one attached hydrogen (secondary N) is 1. The quantitative estimate of drug-likeness (QED) is 0.422. The predicted octanol–water partition coefficient (Wildman–Crippen LogP) is 4.72. The average molecular weight is 449 g/mol. The molecule has 8 heteroatoms. The largest absolute Gasteiger partial charge is 0.493 e. The number of benzene rings is 2. The van der Waals surface area contributed by atoms with Crippen molar-refractivity contribution in [2.75, 3.05) is 7.11 Å². The van der Waals surface area contributed by atoms with Crippen LogP contribution in [0.25, 0.3) is 5.69 Å². The van der Waals surface area contributed by atoms with E-state index in [9.17, 15) is 4.79 Å². The molecule has 0 spiro atoms. The molecule has 0 bridgehead atoms. The highest BCUT2D eigenvalue weighted by molar-refractivity contribution is 7.07. The second-order valence-corrected chi connectivity index (χ2v) is 7.98. The number of ether oxygens (including phenoxy) is 2. The molecule has 0 aliphatic rings. The van der Waals surface area contributed by atoms with Crippen LogP contribution in [0.4, 0.5) is 0 Å². The van der Waals surface area contributed by atoms with E-state index in [0.717, 1.165) is 22.6 Å². The molecule has 1 amide bonds. The third-order valence-electron chi connectivity index (χ3n) is 5.15. The van der Waals surface area contributed by atoms with Crippen molar-refractivity contribution >= 4 is 17.2 Å². The van der Waals surface area contributed by atoms with Gasteiger partial charge in [-0.05, 0) is 44.2 Å². The molecule has 2 aromatic heterocycles. The van der Waals surface area contributed by atoms with E-state index < -0.39 is 0 Å². The highest BCUT2D eigenvalue weighted by atomic mass is 32.1. The van der Waals surface area contributed by atoms with Crippen molar-refractivity contribution in [3.63, 3.8) is 0 Å². The topological polar surface area (TPSA) is 78.3 Å². The Hall–Kier alpha value is -3.65. The van der Waals surface area contributed by atoms with Gasteiger partial charge in [0, 0.05) is 22.2 Å². The summed E-state index contributed by atoms with van der Waals surface area (Å²) in [4.78, 5) is 17.1. The molecule has 0 saturated carbocycles. The summed E-state index contributed by atoms with van der Waals surface area (Å²) in [6, 6.07) is 14.8. The second-order valence-electron chi connectivity index (χ2n) is 7.26. The molecule has 0 radical (unpaired) electrons. The number of hydrogen-bond donors (Lipinski definition) is 1. The average Bonchev–Trinajstić information content (AvgIpc) is 3.47. The fourth-order valence-corrected chi connectivity index (χ4v) is 3.97. The van der Waals surface area contributed by atoms with E-state index in [2.05, 4.69) is 15.4 Å². The zero-order valence-corrected chi connectivity index (χ0v) is 18.9. The standard InChI is InChI=1S/C24H24N4O3S/c1-16(21-12-26-28(17(21)2)20-7-5-4-6-8-20)27-24(29)18-9-10-22(23(11-18)30-3)31-13-19-14-32-15-25-19/h4-12,14-16H,13H2,1-3H3,(H,27,29). The van der Waals surface area contributed by atoms with Gasteiger partial charge in [0.2, 0.25) is 0 Å². The summed E-state index contributed by atoms with van der Waals surface area (Å²) in [7, 11) is 1.55.